The zero-order valence-corrected chi connectivity index (χ0v) is 14.6. The molecule has 0 N–H and O–H groups in total. The van der Waals surface area contributed by atoms with Crippen molar-refractivity contribution < 1.29 is 22.4 Å². The standard InChI is InChI=1S/C17H17BF4N4O/c1-11-15(18)16(17(20,21)22)23-26(11)10-14(27)25-8-6-24(7-9-25)13-4-2-12(19)3-5-13/h2-5H,6-10H2,1H3. The lowest BCUT2D eigenvalue weighted by atomic mass is 9.93. The van der Waals surface area contributed by atoms with E-state index in [-0.39, 0.29) is 24.0 Å². The first-order chi connectivity index (χ1) is 12.7. The van der Waals surface area contributed by atoms with Gasteiger partial charge in [-0.05, 0) is 36.7 Å². The van der Waals surface area contributed by atoms with Crippen molar-refractivity contribution in [1.29, 1.82) is 0 Å². The monoisotopic (exact) mass is 380 g/mol. The predicted octanol–water partition coefficient (Wildman–Crippen LogP) is 1.49. The predicted molar refractivity (Wildman–Crippen MR) is 92.5 cm³/mol. The van der Waals surface area contributed by atoms with Gasteiger partial charge in [0.15, 0.2) is 5.69 Å². The van der Waals surface area contributed by atoms with E-state index < -0.39 is 17.3 Å². The molecule has 0 spiro atoms. The number of halogens is 4. The highest BCUT2D eigenvalue weighted by atomic mass is 19.4. The summed E-state index contributed by atoms with van der Waals surface area (Å²) in [4.78, 5) is 16.0. The molecule has 1 aliphatic rings. The Morgan fingerprint density at radius 3 is 2.26 bits per heavy atom. The maximum absolute atomic E-state index is 13.0. The van der Waals surface area contributed by atoms with Gasteiger partial charge < -0.3 is 9.80 Å². The van der Waals surface area contributed by atoms with Crippen molar-refractivity contribution in [2.75, 3.05) is 31.1 Å². The number of carbonyl (C=O) groups is 1. The Bertz CT molecular complexity index is 827. The largest absolute Gasteiger partial charge is 0.434 e. The molecule has 1 aromatic carbocycles. The zero-order valence-electron chi connectivity index (χ0n) is 14.6. The molecule has 1 aromatic heterocycles. The van der Waals surface area contributed by atoms with Gasteiger partial charge >= 0.3 is 6.18 Å². The number of rotatable bonds is 3. The van der Waals surface area contributed by atoms with Crippen LogP contribution < -0.4 is 10.4 Å². The molecule has 142 valence electrons. The van der Waals surface area contributed by atoms with Crippen LogP contribution in [0, 0.1) is 12.7 Å². The summed E-state index contributed by atoms with van der Waals surface area (Å²) in [6, 6.07) is 6.08. The molecule has 1 saturated heterocycles. The molecule has 2 heterocycles. The lowest BCUT2D eigenvalue weighted by Gasteiger charge is -2.36. The molecule has 10 heteroatoms. The van der Waals surface area contributed by atoms with E-state index in [0.717, 1.165) is 10.4 Å². The van der Waals surface area contributed by atoms with Crippen molar-refractivity contribution in [3.63, 3.8) is 0 Å². The molecule has 1 fully saturated rings. The van der Waals surface area contributed by atoms with Crippen LogP contribution in [0.3, 0.4) is 0 Å². The average Bonchev–Trinajstić information content (AvgIpc) is 2.91. The average molecular weight is 380 g/mol. The van der Waals surface area contributed by atoms with Gasteiger partial charge in [-0.1, -0.05) is 0 Å². The van der Waals surface area contributed by atoms with Crippen LogP contribution in [0.25, 0.3) is 0 Å². The van der Waals surface area contributed by atoms with E-state index in [1.807, 2.05) is 4.90 Å². The molecule has 2 aromatic rings. The molecule has 0 bridgehead atoms. The van der Waals surface area contributed by atoms with Crippen molar-refractivity contribution in [3.05, 3.63) is 41.5 Å². The summed E-state index contributed by atoms with van der Waals surface area (Å²) in [7, 11) is 5.48. The molecule has 0 atom stereocenters. The molecule has 27 heavy (non-hydrogen) atoms. The topological polar surface area (TPSA) is 41.4 Å². The minimum Gasteiger partial charge on any atom is -0.368 e. The Hall–Kier alpha value is -2.52. The fourth-order valence-electron chi connectivity index (χ4n) is 3.02. The van der Waals surface area contributed by atoms with Gasteiger partial charge in [-0.25, -0.2) is 4.39 Å². The third kappa shape index (κ3) is 4.09. The van der Waals surface area contributed by atoms with E-state index in [2.05, 4.69) is 5.10 Å². The van der Waals surface area contributed by atoms with E-state index in [9.17, 15) is 22.4 Å². The molecule has 2 radical (unpaired) electrons. The molecular formula is C17H17BF4N4O. The number of alkyl halides is 3. The molecule has 1 amide bonds. The van der Waals surface area contributed by atoms with Crippen LogP contribution in [0.4, 0.5) is 23.2 Å². The van der Waals surface area contributed by atoms with Crippen molar-refractivity contribution in [3.8, 4) is 0 Å². The number of anilines is 1. The number of piperazine rings is 1. The SMILES string of the molecule is [B]c1c(C(F)(F)F)nn(CC(=O)N2CCN(c3ccc(F)cc3)CC2)c1C. The number of carbonyl (C=O) groups excluding carboxylic acids is 1. The number of nitrogens with zero attached hydrogens (tertiary/aromatic N) is 4. The molecule has 0 aliphatic carbocycles. The summed E-state index contributed by atoms with van der Waals surface area (Å²) < 4.78 is 52.6. The van der Waals surface area contributed by atoms with Crippen LogP contribution in [-0.4, -0.2) is 54.6 Å². The van der Waals surface area contributed by atoms with E-state index in [0.29, 0.717) is 26.2 Å². The molecule has 0 unspecified atom stereocenters. The van der Waals surface area contributed by atoms with E-state index in [4.69, 9.17) is 7.85 Å². The molecular weight excluding hydrogens is 363 g/mol. The summed E-state index contributed by atoms with van der Waals surface area (Å²) in [5.41, 5.74) is -0.667. The van der Waals surface area contributed by atoms with Gasteiger partial charge in [0.25, 0.3) is 0 Å². The van der Waals surface area contributed by atoms with Gasteiger partial charge in [-0.15, -0.1) is 0 Å². The maximum Gasteiger partial charge on any atom is 0.434 e. The summed E-state index contributed by atoms with van der Waals surface area (Å²) in [6.07, 6.45) is -4.66. The van der Waals surface area contributed by atoms with E-state index in [1.165, 1.54) is 19.1 Å². The normalized spacial score (nSPS) is 15.3. The van der Waals surface area contributed by atoms with Crippen LogP contribution in [0.5, 0.6) is 0 Å². The summed E-state index contributed by atoms with van der Waals surface area (Å²) in [6.45, 7) is 3.02. The van der Waals surface area contributed by atoms with Gasteiger partial charge in [0.1, 0.15) is 20.2 Å². The fourth-order valence-corrected chi connectivity index (χ4v) is 3.02. The van der Waals surface area contributed by atoms with Crippen LogP contribution in [-0.2, 0) is 17.5 Å². The number of amides is 1. The first kappa shape index (κ1) is 19.3. The summed E-state index contributed by atoms with van der Waals surface area (Å²) in [5.74, 6) is -0.646. The van der Waals surface area contributed by atoms with Gasteiger partial charge in [0.2, 0.25) is 5.91 Å². The van der Waals surface area contributed by atoms with E-state index in [1.54, 1.807) is 17.0 Å². The summed E-state index contributed by atoms with van der Waals surface area (Å²) >= 11 is 0. The van der Waals surface area contributed by atoms with Crippen molar-refractivity contribution in [2.24, 2.45) is 0 Å². The van der Waals surface area contributed by atoms with Gasteiger partial charge in [0.05, 0.1) is 0 Å². The Morgan fingerprint density at radius 1 is 1.15 bits per heavy atom. The second-order valence-electron chi connectivity index (χ2n) is 6.35. The second kappa shape index (κ2) is 7.24. The van der Waals surface area contributed by atoms with Gasteiger partial charge in [-0.3, -0.25) is 9.48 Å². The van der Waals surface area contributed by atoms with Crippen molar-refractivity contribution in [2.45, 2.75) is 19.6 Å². The van der Waals surface area contributed by atoms with Crippen LogP contribution in [0.1, 0.15) is 11.4 Å². The van der Waals surface area contributed by atoms with Crippen molar-refractivity contribution >= 4 is 24.9 Å². The molecule has 5 nitrogen and oxygen atoms in total. The van der Waals surface area contributed by atoms with E-state index >= 15 is 0 Å². The molecule has 0 saturated carbocycles. The maximum atomic E-state index is 13.0. The lowest BCUT2D eigenvalue weighted by Crippen LogP contribution is -2.49. The van der Waals surface area contributed by atoms with Crippen molar-refractivity contribution in [1.82, 2.24) is 14.7 Å². The number of aromatic nitrogens is 2. The van der Waals surface area contributed by atoms with Gasteiger partial charge in [0, 0.05) is 37.6 Å². The Balaban J connectivity index is 1.63. The Morgan fingerprint density at radius 2 is 1.74 bits per heavy atom. The third-order valence-corrected chi connectivity index (χ3v) is 4.63. The van der Waals surface area contributed by atoms with Crippen LogP contribution >= 0.6 is 0 Å². The number of hydrogen-bond acceptors (Lipinski definition) is 3. The second-order valence-corrected chi connectivity index (χ2v) is 6.35. The van der Waals surface area contributed by atoms with Crippen LogP contribution in [0.2, 0.25) is 0 Å². The number of hydrogen-bond donors (Lipinski definition) is 0. The quantitative estimate of drug-likeness (QED) is 0.599. The fraction of sp³-hybridized carbons (Fsp3) is 0.412. The number of benzene rings is 1. The third-order valence-electron chi connectivity index (χ3n) is 4.63. The highest BCUT2D eigenvalue weighted by Gasteiger charge is 2.37. The smallest absolute Gasteiger partial charge is 0.368 e. The lowest BCUT2D eigenvalue weighted by molar-refractivity contribution is -0.141. The molecule has 1 aliphatic heterocycles. The minimum absolute atomic E-state index is 0.112. The zero-order chi connectivity index (χ0) is 19.8. The highest BCUT2D eigenvalue weighted by molar-refractivity contribution is 6.34. The minimum atomic E-state index is -4.66. The first-order valence-corrected chi connectivity index (χ1v) is 8.35. The highest BCUT2D eigenvalue weighted by Crippen LogP contribution is 2.26. The Labute approximate surface area is 155 Å². The Kier molecular flexibility index (Phi) is 5.17. The van der Waals surface area contributed by atoms with Gasteiger partial charge in [-0.2, -0.15) is 18.3 Å². The summed E-state index contributed by atoms with van der Waals surface area (Å²) in [5, 5.41) is 3.46. The van der Waals surface area contributed by atoms with Crippen LogP contribution in [0.15, 0.2) is 24.3 Å². The molecule has 3 rings (SSSR count). The first-order valence-electron chi connectivity index (χ1n) is 8.35.